The van der Waals surface area contributed by atoms with Crippen LogP contribution in [0.4, 0.5) is 8.78 Å². The molecule has 6 rings (SSSR count). The van der Waals surface area contributed by atoms with Crippen LogP contribution < -0.4 is 10.4 Å². The highest BCUT2D eigenvalue weighted by Gasteiger charge is 2.25. The third kappa shape index (κ3) is 2.59. The van der Waals surface area contributed by atoms with E-state index >= 15 is 0 Å². The van der Waals surface area contributed by atoms with E-state index in [0.29, 0.717) is 32.8 Å². The molecule has 0 aliphatic carbocycles. The number of hydrogen-bond donors (Lipinski definition) is 0. The Balaban J connectivity index is 1.69. The third-order valence-corrected chi connectivity index (χ3v) is 5.88. The van der Waals surface area contributed by atoms with Crippen molar-refractivity contribution < 1.29 is 22.7 Å². The summed E-state index contributed by atoms with van der Waals surface area (Å²) in [6.07, 6.45) is 1.56. The van der Waals surface area contributed by atoms with Gasteiger partial charge in [0.1, 0.15) is 22.9 Å². The molecule has 0 unspecified atom stereocenters. The Bertz CT molecular complexity index is 1680. The Morgan fingerprint density at radius 2 is 1.94 bits per heavy atom. The highest BCUT2D eigenvalue weighted by Crippen LogP contribution is 2.35. The van der Waals surface area contributed by atoms with Gasteiger partial charge in [0.05, 0.1) is 18.5 Å². The number of fused-ring (bicyclic) bond motifs is 6. The Morgan fingerprint density at radius 1 is 1.09 bits per heavy atom. The van der Waals surface area contributed by atoms with Crippen LogP contribution in [0.2, 0.25) is 0 Å². The zero-order valence-electron chi connectivity index (χ0n) is 16.7. The summed E-state index contributed by atoms with van der Waals surface area (Å²) in [4.78, 5) is 28.7. The van der Waals surface area contributed by atoms with Crippen LogP contribution in [-0.4, -0.2) is 15.5 Å². The predicted octanol–water partition coefficient (Wildman–Crippen LogP) is 4.39. The maximum absolute atomic E-state index is 14.9. The van der Waals surface area contributed by atoms with Crippen molar-refractivity contribution in [2.24, 2.45) is 0 Å². The minimum atomic E-state index is -0.652. The molecule has 0 spiro atoms. The van der Waals surface area contributed by atoms with Crippen molar-refractivity contribution in [2.45, 2.75) is 19.9 Å². The van der Waals surface area contributed by atoms with Gasteiger partial charge in [-0.1, -0.05) is 0 Å². The smallest absolute Gasteiger partial charge is 0.362 e. The first-order chi connectivity index (χ1) is 15.4. The Hall–Kier alpha value is -4.07. The Labute approximate surface area is 178 Å². The fourth-order valence-electron chi connectivity index (χ4n) is 4.42. The van der Waals surface area contributed by atoms with Gasteiger partial charge in [0.15, 0.2) is 0 Å². The summed E-state index contributed by atoms with van der Waals surface area (Å²) < 4.78 is 41.4. The van der Waals surface area contributed by atoms with Crippen LogP contribution in [0.15, 0.2) is 51.8 Å². The van der Waals surface area contributed by atoms with Crippen LogP contribution in [0, 0.1) is 18.6 Å². The molecule has 158 valence electrons. The van der Waals surface area contributed by atoms with Gasteiger partial charge in [-0.25, -0.2) is 18.6 Å². The lowest BCUT2D eigenvalue weighted by Crippen LogP contribution is -2.10. The highest BCUT2D eigenvalue weighted by molar-refractivity contribution is 6.18. The number of aromatic nitrogens is 2. The summed E-state index contributed by atoms with van der Waals surface area (Å²) in [7, 11) is 0. The van der Waals surface area contributed by atoms with Crippen molar-refractivity contribution in [3.8, 4) is 5.75 Å². The maximum Gasteiger partial charge on any atom is 0.362 e. The van der Waals surface area contributed by atoms with E-state index < -0.39 is 23.2 Å². The first-order valence-corrected chi connectivity index (χ1v) is 9.92. The number of esters is 1. The van der Waals surface area contributed by atoms with Crippen molar-refractivity contribution in [3.05, 3.63) is 81.3 Å². The second-order valence-electron chi connectivity index (χ2n) is 7.88. The molecule has 0 bridgehead atoms. The molecule has 0 N–H and O–H groups in total. The first-order valence-electron chi connectivity index (χ1n) is 9.92. The van der Waals surface area contributed by atoms with E-state index in [0.717, 1.165) is 6.07 Å². The number of ether oxygens (including phenoxy) is 1. The van der Waals surface area contributed by atoms with E-state index in [1.165, 1.54) is 12.3 Å². The van der Waals surface area contributed by atoms with Gasteiger partial charge in [-0.15, -0.1) is 0 Å². The van der Waals surface area contributed by atoms with Gasteiger partial charge in [0, 0.05) is 39.5 Å². The first kappa shape index (κ1) is 18.7. The molecule has 0 atom stereocenters. The molecule has 1 aliphatic rings. The van der Waals surface area contributed by atoms with E-state index in [1.54, 1.807) is 35.8 Å². The average molecular weight is 432 g/mol. The molecular weight excluding hydrogens is 418 g/mol. The van der Waals surface area contributed by atoms with E-state index in [1.807, 2.05) is 0 Å². The van der Waals surface area contributed by atoms with Crippen LogP contribution in [0.1, 0.15) is 16.7 Å². The molecule has 1 aliphatic heterocycles. The topological polar surface area (TPSA) is 74.3 Å². The molecule has 0 saturated carbocycles. The summed E-state index contributed by atoms with van der Waals surface area (Å²) in [5.74, 6) is -1.29. The van der Waals surface area contributed by atoms with E-state index in [2.05, 4.69) is 4.98 Å². The van der Waals surface area contributed by atoms with Gasteiger partial charge in [-0.3, -0.25) is 4.79 Å². The standard InChI is InChI=1S/C24H14F2N2O4/c1-11-5-15-18(8-16(11)25)28(10-13-6-12-7-20(29)31-19(12)9-17(13)26)22-21(15)14-3-2-4-27-23(14)32-24(22)30/h2-6,8-9H,7,10H2,1H3. The van der Waals surface area contributed by atoms with E-state index in [9.17, 15) is 18.4 Å². The number of aryl methyl sites for hydroxylation is 1. The molecule has 5 aromatic rings. The molecule has 2 aromatic carbocycles. The molecule has 0 saturated heterocycles. The molecule has 4 heterocycles. The number of carbonyl (C=O) groups excluding carboxylic acids is 1. The normalized spacial score (nSPS) is 13.3. The van der Waals surface area contributed by atoms with Crippen molar-refractivity contribution in [1.29, 1.82) is 0 Å². The van der Waals surface area contributed by atoms with Crippen LogP contribution >= 0.6 is 0 Å². The van der Waals surface area contributed by atoms with Crippen molar-refractivity contribution in [3.63, 3.8) is 0 Å². The van der Waals surface area contributed by atoms with E-state index in [-0.39, 0.29) is 35.5 Å². The lowest BCUT2D eigenvalue weighted by Gasteiger charge is -2.10. The molecule has 6 nitrogen and oxygen atoms in total. The quantitative estimate of drug-likeness (QED) is 0.306. The fraction of sp³-hybridized carbons (Fsp3) is 0.125. The second-order valence-corrected chi connectivity index (χ2v) is 7.88. The summed E-state index contributed by atoms with van der Waals surface area (Å²) in [5.41, 5.74) is 1.37. The lowest BCUT2D eigenvalue weighted by atomic mass is 10.1. The molecule has 0 amide bonds. The van der Waals surface area contributed by atoms with Crippen LogP contribution in [0.5, 0.6) is 5.75 Å². The minimum Gasteiger partial charge on any atom is -0.426 e. The van der Waals surface area contributed by atoms with Gasteiger partial charge >= 0.3 is 11.6 Å². The van der Waals surface area contributed by atoms with Gasteiger partial charge < -0.3 is 13.7 Å². The Kier molecular flexibility index (Phi) is 3.77. The van der Waals surface area contributed by atoms with Crippen LogP contribution in [0.3, 0.4) is 0 Å². The summed E-state index contributed by atoms with van der Waals surface area (Å²) in [6.45, 7) is 1.58. The molecular formula is C24H14F2N2O4. The van der Waals surface area contributed by atoms with Crippen molar-refractivity contribution >= 4 is 38.9 Å². The Morgan fingerprint density at radius 3 is 2.78 bits per heavy atom. The maximum atomic E-state index is 14.9. The number of nitrogens with zero attached hydrogens (tertiary/aromatic N) is 2. The van der Waals surface area contributed by atoms with Crippen LogP contribution in [0.25, 0.3) is 32.9 Å². The summed E-state index contributed by atoms with van der Waals surface area (Å²) >= 11 is 0. The number of halogens is 2. The SMILES string of the molecule is Cc1cc2c3c4cccnc4oc(=O)c3n(Cc3cc4c(cc3F)OC(=O)C4)c2cc1F. The zero-order valence-corrected chi connectivity index (χ0v) is 16.7. The monoisotopic (exact) mass is 432 g/mol. The number of pyridine rings is 1. The third-order valence-electron chi connectivity index (χ3n) is 5.88. The molecule has 8 heteroatoms. The minimum absolute atomic E-state index is 0.0437. The van der Waals surface area contributed by atoms with Gasteiger partial charge in [0.2, 0.25) is 5.71 Å². The largest absolute Gasteiger partial charge is 0.426 e. The lowest BCUT2D eigenvalue weighted by molar-refractivity contribution is -0.131. The summed E-state index contributed by atoms with van der Waals surface area (Å²) in [5, 5.41) is 1.82. The van der Waals surface area contributed by atoms with Crippen LogP contribution in [-0.2, 0) is 17.8 Å². The zero-order chi connectivity index (χ0) is 22.1. The molecule has 32 heavy (non-hydrogen) atoms. The average Bonchev–Trinajstić information content (AvgIpc) is 3.26. The van der Waals surface area contributed by atoms with Crippen molar-refractivity contribution in [1.82, 2.24) is 9.55 Å². The molecule has 3 aromatic heterocycles. The highest BCUT2D eigenvalue weighted by atomic mass is 19.1. The number of rotatable bonds is 2. The van der Waals surface area contributed by atoms with Gasteiger partial charge in [-0.2, -0.15) is 0 Å². The van der Waals surface area contributed by atoms with Crippen molar-refractivity contribution in [2.75, 3.05) is 0 Å². The summed E-state index contributed by atoms with van der Waals surface area (Å²) in [6, 6.07) is 9.21. The second kappa shape index (κ2) is 6.46. The van der Waals surface area contributed by atoms with E-state index in [4.69, 9.17) is 9.15 Å². The number of carbonyl (C=O) groups is 1. The number of benzene rings is 2. The van der Waals surface area contributed by atoms with Gasteiger partial charge in [-0.05, 0) is 42.8 Å². The molecule has 0 radical (unpaired) electrons. The predicted molar refractivity (Wildman–Crippen MR) is 113 cm³/mol. The fourth-order valence-corrected chi connectivity index (χ4v) is 4.42. The number of hydrogen-bond acceptors (Lipinski definition) is 5. The molecule has 0 fully saturated rings. The van der Waals surface area contributed by atoms with Gasteiger partial charge in [0.25, 0.3) is 0 Å².